The number of aromatic nitrogens is 2. The molecule has 2 rings (SSSR count). The van der Waals surface area contributed by atoms with Gasteiger partial charge in [0.05, 0.1) is 11.3 Å². The van der Waals surface area contributed by atoms with E-state index in [9.17, 15) is 9.50 Å². The highest BCUT2D eigenvalue weighted by atomic mass is 19.1. The molecule has 3 nitrogen and oxygen atoms in total. The van der Waals surface area contributed by atoms with Crippen molar-refractivity contribution in [2.24, 2.45) is 7.05 Å². The summed E-state index contributed by atoms with van der Waals surface area (Å²) in [6.45, 7) is 3.81. The highest BCUT2D eigenvalue weighted by Crippen LogP contribution is 2.29. The fourth-order valence-corrected chi connectivity index (χ4v) is 2.34. The van der Waals surface area contributed by atoms with E-state index in [1.807, 2.05) is 27.0 Å². The topological polar surface area (TPSA) is 38.1 Å². The van der Waals surface area contributed by atoms with Gasteiger partial charge in [-0.2, -0.15) is 5.10 Å². The maximum atomic E-state index is 13.3. The zero-order valence-corrected chi connectivity index (χ0v) is 11.5. The monoisotopic (exact) mass is 262 g/mol. The third kappa shape index (κ3) is 2.84. The Balaban J connectivity index is 2.35. The molecular formula is C15H19FN2O. The van der Waals surface area contributed by atoms with Crippen LogP contribution in [0.4, 0.5) is 4.39 Å². The van der Waals surface area contributed by atoms with Gasteiger partial charge in [0.1, 0.15) is 5.82 Å². The van der Waals surface area contributed by atoms with Crippen molar-refractivity contribution >= 4 is 0 Å². The number of aryl methyl sites for hydroxylation is 2. The van der Waals surface area contributed by atoms with Gasteiger partial charge < -0.3 is 5.11 Å². The number of hydrogen-bond donors (Lipinski definition) is 1. The summed E-state index contributed by atoms with van der Waals surface area (Å²) in [5, 5.41) is 15.1. The second-order valence-corrected chi connectivity index (χ2v) is 4.97. The Hall–Kier alpha value is -1.68. The lowest BCUT2D eigenvalue weighted by Gasteiger charge is -2.27. The molecule has 19 heavy (non-hydrogen) atoms. The van der Waals surface area contributed by atoms with Gasteiger partial charge in [0.2, 0.25) is 0 Å². The average Bonchev–Trinajstić information content (AvgIpc) is 2.67. The molecule has 4 heteroatoms. The van der Waals surface area contributed by atoms with Gasteiger partial charge in [0.15, 0.2) is 0 Å². The number of hydrogen-bond acceptors (Lipinski definition) is 2. The minimum atomic E-state index is -1.07. The van der Waals surface area contributed by atoms with Crippen LogP contribution in [0.2, 0.25) is 0 Å². The minimum absolute atomic E-state index is 0.328. The fourth-order valence-electron chi connectivity index (χ4n) is 2.34. The number of benzene rings is 1. The predicted molar refractivity (Wildman–Crippen MR) is 72.2 cm³/mol. The fraction of sp³-hybridized carbons (Fsp3) is 0.400. The van der Waals surface area contributed by atoms with E-state index in [2.05, 4.69) is 5.10 Å². The maximum Gasteiger partial charge on any atom is 0.123 e. The highest BCUT2D eigenvalue weighted by molar-refractivity contribution is 5.26. The molecule has 0 amide bonds. The molecule has 0 bridgehead atoms. The van der Waals surface area contributed by atoms with Crippen molar-refractivity contribution in [3.05, 3.63) is 53.1 Å². The first-order valence-electron chi connectivity index (χ1n) is 6.42. The molecule has 1 atom stereocenters. The van der Waals surface area contributed by atoms with Crippen molar-refractivity contribution in [3.63, 3.8) is 0 Å². The minimum Gasteiger partial charge on any atom is -0.385 e. The summed E-state index contributed by atoms with van der Waals surface area (Å²) in [5.41, 5.74) is 1.39. The van der Waals surface area contributed by atoms with Crippen molar-refractivity contribution in [2.75, 3.05) is 0 Å². The Bertz CT molecular complexity index is 579. The van der Waals surface area contributed by atoms with Crippen LogP contribution in [0, 0.1) is 12.7 Å². The van der Waals surface area contributed by atoms with Crippen LogP contribution in [0.25, 0.3) is 0 Å². The number of halogens is 1. The van der Waals surface area contributed by atoms with Crippen LogP contribution in [-0.4, -0.2) is 14.9 Å². The first-order valence-corrected chi connectivity index (χ1v) is 6.42. The van der Waals surface area contributed by atoms with E-state index in [4.69, 9.17) is 0 Å². The van der Waals surface area contributed by atoms with Gasteiger partial charge in [-0.05, 0) is 37.1 Å². The summed E-state index contributed by atoms with van der Waals surface area (Å²) >= 11 is 0. The van der Waals surface area contributed by atoms with E-state index in [1.165, 1.54) is 12.1 Å². The zero-order valence-electron chi connectivity index (χ0n) is 11.5. The SMILES string of the molecule is CCC(O)(Cc1cc(C)nn1C)c1cccc(F)c1. The Kier molecular flexibility index (Phi) is 3.71. The molecular weight excluding hydrogens is 243 g/mol. The van der Waals surface area contributed by atoms with Gasteiger partial charge in [0, 0.05) is 19.2 Å². The number of nitrogens with zero attached hydrogens (tertiary/aromatic N) is 2. The molecule has 2 aromatic rings. The van der Waals surface area contributed by atoms with Crippen molar-refractivity contribution < 1.29 is 9.50 Å². The lowest BCUT2D eigenvalue weighted by Crippen LogP contribution is -2.28. The predicted octanol–water partition coefficient (Wildman–Crippen LogP) is 2.71. The third-order valence-corrected chi connectivity index (χ3v) is 3.52. The Morgan fingerprint density at radius 3 is 2.63 bits per heavy atom. The van der Waals surface area contributed by atoms with Gasteiger partial charge >= 0.3 is 0 Å². The van der Waals surface area contributed by atoms with Crippen LogP contribution in [-0.2, 0) is 19.1 Å². The Morgan fingerprint density at radius 2 is 2.11 bits per heavy atom. The molecule has 1 aromatic carbocycles. The highest BCUT2D eigenvalue weighted by Gasteiger charge is 2.29. The lowest BCUT2D eigenvalue weighted by atomic mass is 9.86. The van der Waals surface area contributed by atoms with E-state index in [0.717, 1.165) is 11.4 Å². The molecule has 1 aromatic heterocycles. The quantitative estimate of drug-likeness (QED) is 0.920. The molecule has 102 valence electrons. The van der Waals surface area contributed by atoms with Crippen LogP contribution >= 0.6 is 0 Å². The first kappa shape index (κ1) is 13.7. The number of rotatable bonds is 4. The van der Waals surface area contributed by atoms with E-state index in [-0.39, 0.29) is 5.82 Å². The molecule has 0 radical (unpaired) electrons. The van der Waals surface area contributed by atoms with E-state index < -0.39 is 5.60 Å². The molecule has 0 saturated carbocycles. The van der Waals surface area contributed by atoms with Gasteiger partial charge in [-0.1, -0.05) is 19.1 Å². The molecule has 1 N–H and O–H groups in total. The van der Waals surface area contributed by atoms with Crippen LogP contribution in [0.15, 0.2) is 30.3 Å². The molecule has 0 saturated heterocycles. The molecule has 0 aliphatic heterocycles. The maximum absolute atomic E-state index is 13.3. The van der Waals surface area contributed by atoms with E-state index >= 15 is 0 Å². The van der Waals surface area contributed by atoms with Crippen molar-refractivity contribution in [3.8, 4) is 0 Å². The van der Waals surface area contributed by atoms with E-state index in [0.29, 0.717) is 18.4 Å². The molecule has 1 unspecified atom stereocenters. The standard InChI is InChI=1S/C15H19FN2O/c1-4-15(19,12-6-5-7-13(16)9-12)10-14-8-11(2)17-18(14)3/h5-9,19H,4,10H2,1-3H3. The summed E-state index contributed by atoms with van der Waals surface area (Å²) in [6.07, 6.45) is 0.935. The van der Waals surface area contributed by atoms with Gasteiger partial charge in [0.25, 0.3) is 0 Å². The van der Waals surface area contributed by atoms with Crippen molar-refractivity contribution in [1.29, 1.82) is 0 Å². The molecule has 0 fully saturated rings. The summed E-state index contributed by atoms with van der Waals surface area (Å²) in [6, 6.07) is 8.11. The smallest absolute Gasteiger partial charge is 0.123 e. The Morgan fingerprint density at radius 1 is 1.37 bits per heavy atom. The first-order chi connectivity index (χ1) is 8.94. The summed E-state index contributed by atoms with van der Waals surface area (Å²) in [5.74, 6) is -0.328. The third-order valence-electron chi connectivity index (χ3n) is 3.52. The van der Waals surface area contributed by atoms with Crippen molar-refractivity contribution in [2.45, 2.75) is 32.3 Å². The second-order valence-electron chi connectivity index (χ2n) is 4.97. The van der Waals surface area contributed by atoms with Crippen LogP contribution in [0.3, 0.4) is 0 Å². The average molecular weight is 262 g/mol. The van der Waals surface area contributed by atoms with Gasteiger partial charge in [-0.25, -0.2) is 4.39 Å². The summed E-state index contributed by atoms with van der Waals surface area (Å²) in [4.78, 5) is 0. The largest absolute Gasteiger partial charge is 0.385 e. The van der Waals surface area contributed by atoms with Crippen molar-refractivity contribution in [1.82, 2.24) is 9.78 Å². The van der Waals surface area contributed by atoms with Crippen LogP contribution < -0.4 is 0 Å². The lowest BCUT2D eigenvalue weighted by molar-refractivity contribution is 0.0306. The Labute approximate surface area is 112 Å². The second kappa shape index (κ2) is 5.13. The van der Waals surface area contributed by atoms with Crippen LogP contribution in [0.1, 0.15) is 30.3 Å². The summed E-state index contributed by atoms with van der Waals surface area (Å²) < 4.78 is 15.1. The molecule has 1 heterocycles. The summed E-state index contributed by atoms with van der Waals surface area (Å²) in [7, 11) is 1.85. The molecule has 0 aliphatic rings. The molecule has 0 aliphatic carbocycles. The number of aliphatic hydroxyl groups is 1. The van der Waals surface area contributed by atoms with Gasteiger partial charge in [-0.15, -0.1) is 0 Å². The zero-order chi connectivity index (χ0) is 14.0. The van der Waals surface area contributed by atoms with Gasteiger partial charge in [-0.3, -0.25) is 4.68 Å². The van der Waals surface area contributed by atoms with E-state index in [1.54, 1.807) is 16.8 Å². The normalized spacial score (nSPS) is 14.4. The molecule has 0 spiro atoms. The van der Waals surface area contributed by atoms with Crippen LogP contribution in [0.5, 0.6) is 0 Å².